The summed E-state index contributed by atoms with van der Waals surface area (Å²) >= 11 is 0. The molecule has 1 aromatic rings. The lowest BCUT2D eigenvalue weighted by atomic mass is 9.67. The number of carbonyl (C=O) groups is 1. The van der Waals surface area contributed by atoms with Crippen molar-refractivity contribution < 1.29 is 4.79 Å². The van der Waals surface area contributed by atoms with Crippen LogP contribution >= 0.6 is 0 Å². The smallest absolute Gasteiger partial charge is 0.137 e. The molecule has 0 bridgehead atoms. The van der Waals surface area contributed by atoms with Crippen molar-refractivity contribution in [3.63, 3.8) is 0 Å². The van der Waals surface area contributed by atoms with Crippen LogP contribution in [0.4, 0.5) is 5.69 Å². The first-order chi connectivity index (χ1) is 19.6. The third-order valence-electron chi connectivity index (χ3n) is 14.1. The van der Waals surface area contributed by atoms with Crippen LogP contribution in [0.1, 0.15) is 77.0 Å². The number of para-hydroxylation sites is 1. The summed E-state index contributed by atoms with van der Waals surface area (Å²) in [6.45, 7) is 4.65. The summed E-state index contributed by atoms with van der Waals surface area (Å²) in [4.78, 5) is 12.5. The summed E-state index contributed by atoms with van der Waals surface area (Å²) < 4.78 is 0. The Balaban J connectivity index is 1.04. The van der Waals surface area contributed by atoms with Gasteiger partial charge in [0.2, 0.25) is 0 Å². The molecular formula is C37H50N2O. The van der Waals surface area contributed by atoms with E-state index in [9.17, 15) is 4.79 Å². The van der Waals surface area contributed by atoms with E-state index in [2.05, 4.69) is 54.4 Å². The van der Waals surface area contributed by atoms with Gasteiger partial charge in [-0.1, -0.05) is 68.2 Å². The molecule has 3 nitrogen and oxygen atoms in total. The highest BCUT2D eigenvalue weighted by Gasteiger charge is 2.74. The first-order valence-corrected chi connectivity index (χ1v) is 17.0. The molecule has 0 spiro atoms. The minimum Gasteiger partial charge on any atom is -0.382 e. The van der Waals surface area contributed by atoms with Crippen molar-refractivity contribution in [3.8, 4) is 0 Å². The Labute approximate surface area is 241 Å². The number of anilines is 1. The molecule has 7 aliphatic carbocycles. The second-order valence-corrected chi connectivity index (χ2v) is 15.4. The summed E-state index contributed by atoms with van der Waals surface area (Å²) in [7, 11) is 0. The number of aldehydes is 1. The zero-order valence-electron chi connectivity index (χ0n) is 24.3. The van der Waals surface area contributed by atoms with Crippen molar-refractivity contribution in [3.05, 3.63) is 54.6 Å². The van der Waals surface area contributed by atoms with Gasteiger partial charge in [-0.05, 0) is 129 Å². The second-order valence-electron chi connectivity index (χ2n) is 15.4. The van der Waals surface area contributed by atoms with Crippen LogP contribution in [-0.4, -0.2) is 18.4 Å². The maximum absolute atomic E-state index is 12.5. The molecule has 6 fully saturated rings. The van der Waals surface area contributed by atoms with Gasteiger partial charge in [0.05, 0.1) is 6.04 Å². The molecule has 7 aliphatic rings. The van der Waals surface area contributed by atoms with Gasteiger partial charge in [-0.3, -0.25) is 0 Å². The molecule has 0 unspecified atom stereocenters. The molecule has 1 aromatic carbocycles. The minimum absolute atomic E-state index is 0.00318. The minimum atomic E-state index is -0.320. The fourth-order valence-corrected chi connectivity index (χ4v) is 12.6. The Bertz CT molecular complexity index is 1150. The number of nitrogens with one attached hydrogen (secondary N) is 1. The quantitative estimate of drug-likeness (QED) is 0.289. The van der Waals surface area contributed by atoms with E-state index in [0.717, 1.165) is 48.2 Å². The molecule has 0 saturated heterocycles. The molecule has 0 amide bonds. The van der Waals surface area contributed by atoms with Crippen LogP contribution in [-0.2, 0) is 4.79 Å². The second kappa shape index (κ2) is 9.85. The first kappa shape index (κ1) is 25.8. The highest BCUT2D eigenvalue weighted by Crippen LogP contribution is 2.76. The van der Waals surface area contributed by atoms with E-state index < -0.39 is 0 Å². The lowest BCUT2D eigenvalue weighted by Crippen LogP contribution is -2.43. The third-order valence-corrected chi connectivity index (χ3v) is 14.1. The van der Waals surface area contributed by atoms with E-state index in [4.69, 9.17) is 5.73 Å². The Hall–Kier alpha value is -1.87. The summed E-state index contributed by atoms with van der Waals surface area (Å²) in [5, 5.41) is 3.91. The summed E-state index contributed by atoms with van der Waals surface area (Å²) in [6.07, 6.45) is 22.5. The van der Waals surface area contributed by atoms with Crippen LogP contribution in [0, 0.1) is 70.5 Å². The number of rotatable bonds is 6. The summed E-state index contributed by atoms with van der Waals surface area (Å²) in [6, 6.07) is 11.1. The number of nitrogens with two attached hydrogens (primary N) is 1. The number of carbonyl (C=O) groups excluding carboxylic acids is 1. The van der Waals surface area contributed by atoms with Crippen LogP contribution in [0.15, 0.2) is 54.6 Å². The topological polar surface area (TPSA) is 55.1 Å². The Morgan fingerprint density at radius 1 is 0.875 bits per heavy atom. The maximum atomic E-state index is 12.5. The van der Waals surface area contributed by atoms with Crippen LogP contribution in [0.5, 0.6) is 0 Å². The van der Waals surface area contributed by atoms with Crippen LogP contribution in [0.2, 0.25) is 0 Å². The van der Waals surface area contributed by atoms with Crippen molar-refractivity contribution in [1.82, 2.24) is 0 Å². The molecule has 3 heteroatoms. The molecule has 0 heterocycles. The van der Waals surface area contributed by atoms with Crippen LogP contribution < -0.4 is 11.1 Å². The molecule has 214 valence electrons. The van der Waals surface area contributed by atoms with Crippen LogP contribution in [0.3, 0.4) is 0 Å². The fourth-order valence-electron chi connectivity index (χ4n) is 12.6. The average molecular weight is 539 g/mol. The zero-order chi connectivity index (χ0) is 27.0. The fraction of sp³-hybridized carbons (Fsp3) is 0.703. The van der Waals surface area contributed by atoms with Crippen molar-refractivity contribution in [2.75, 3.05) is 5.32 Å². The van der Waals surface area contributed by atoms with Gasteiger partial charge >= 0.3 is 0 Å². The van der Waals surface area contributed by atoms with Gasteiger partial charge in [0.15, 0.2) is 0 Å². The molecule has 0 radical (unpaired) electrons. The van der Waals surface area contributed by atoms with Gasteiger partial charge < -0.3 is 15.8 Å². The van der Waals surface area contributed by atoms with Gasteiger partial charge in [-0.15, -0.1) is 0 Å². The van der Waals surface area contributed by atoms with Crippen molar-refractivity contribution in [2.45, 2.75) is 89.1 Å². The molecule has 3 N–H and O–H groups in total. The normalized spacial score (nSPS) is 48.1. The third kappa shape index (κ3) is 3.81. The number of allylic oxidation sites excluding steroid dienone is 3. The molecule has 8 rings (SSSR count). The first-order valence-electron chi connectivity index (χ1n) is 17.0. The average Bonchev–Trinajstić information content (AvgIpc) is 3.53. The monoisotopic (exact) mass is 538 g/mol. The molecule has 6 saturated carbocycles. The molecule has 0 aromatic heterocycles. The van der Waals surface area contributed by atoms with E-state index in [-0.39, 0.29) is 11.5 Å². The molecule has 0 aliphatic heterocycles. The van der Waals surface area contributed by atoms with E-state index in [1.807, 2.05) is 0 Å². The van der Waals surface area contributed by atoms with Gasteiger partial charge in [-0.2, -0.15) is 0 Å². The maximum Gasteiger partial charge on any atom is 0.137 e. The van der Waals surface area contributed by atoms with E-state index in [1.165, 1.54) is 81.9 Å². The Kier molecular flexibility index (Phi) is 6.36. The van der Waals surface area contributed by atoms with Crippen molar-refractivity contribution in [1.29, 1.82) is 0 Å². The summed E-state index contributed by atoms with van der Waals surface area (Å²) in [5.74, 6) is 8.00. The number of fused-ring (bicyclic) bond motifs is 6. The van der Waals surface area contributed by atoms with Crippen molar-refractivity contribution in [2.24, 2.45) is 76.2 Å². The number of hydrogen-bond acceptors (Lipinski definition) is 3. The number of benzene rings is 1. The Morgan fingerprint density at radius 2 is 1.68 bits per heavy atom. The van der Waals surface area contributed by atoms with Gasteiger partial charge in [0, 0.05) is 17.1 Å². The van der Waals surface area contributed by atoms with Gasteiger partial charge in [-0.25, -0.2) is 0 Å². The zero-order valence-corrected chi connectivity index (χ0v) is 24.3. The highest BCUT2D eigenvalue weighted by atomic mass is 16.1. The molecular weight excluding hydrogens is 488 g/mol. The Morgan fingerprint density at radius 3 is 2.48 bits per heavy atom. The van der Waals surface area contributed by atoms with Crippen molar-refractivity contribution >= 4 is 12.0 Å². The van der Waals surface area contributed by atoms with Gasteiger partial charge in [0.25, 0.3) is 0 Å². The van der Waals surface area contributed by atoms with Crippen LogP contribution in [0.25, 0.3) is 0 Å². The lowest BCUT2D eigenvalue weighted by Gasteiger charge is -2.38. The van der Waals surface area contributed by atoms with E-state index in [0.29, 0.717) is 35.6 Å². The summed E-state index contributed by atoms with van der Waals surface area (Å²) in [5.41, 5.74) is 9.73. The van der Waals surface area contributed by atoms with E-state index >= 15 is 0 Å². The number of hydrogen-bond donors (Lipinski definition) is 2. The predicted molar refractivity (Wildman–Crippen MR) is 162 cm³/mol. The lowest BCUT2D eigenvalue weighted by molar-refractivity contribution is -0.111. The molecule has 13 atom stereocenters. The van der Waals surface area contributed by atoms with E-state index in [1.54, 1.807) is 0 Å². The predicted octanol–water partition coefficient (Wildman–Crippen LogP) is 7.65. The molecule has 40 heavy (non-hydrogen) atoms. The largest absolute Gasteiger partial charge is 0.382 e. The SMILES string of the molecule is C=C1CC[C@H]2[C@H]([C@H]3C[C@@H](C4CCCC4)C[C@H]13)[C@@]2([C@@H]1C=C[C@@H]2[C@H](C[C@@H]3[C@@H]2CC[C@H]3Nc2ccccc2)C1)[C@@H](N)C=O. The standard InChI is InChI=1S/C37H50N2O/c1-22-11-15-33-36(32-19-24(18-30(22)32)23-7-5-6-8-23)37(33,35(38)21-40)26-12-13-28-25(17-26)20-31-29(28)14-16-34(31)39-27-9-3-2-4-10-27/h2-4,9-10,12-13,21,23-26,28-36,39H,1,5-8,11,14-20,38H2/t24-,25-,26+,28+,29+,30+,31+,32-,33-,34+,35-,36-,37+/m0/s1. The van der Waals surface area contributed by atoms with Gasteiger partial charge in [0.1, 0.15) is 6.29 Å². The highest BCUT2D eigenvalue weighted by molar-refractivity contribution is 5.61.